The number of alkyl halides is 1. The van der Waals surface area contributed by atoms with Crippen molar-refractivity contribution in [2.24, 2.45) is 0 Å². The predicted octanol–water partition coefficient (Wildman–Crippen LogP) is 3.29. The monoisotopic (exact) mass is 200 g/mol. The van der Waals surface area contributed by atoms with E-state index in [2.05, 4.69) is 5.92 Å². The summed E-state index contributed by atoms with van der Waals surface area (Å²) in [5, 5.41) is 0. The van der Waals surface area contributed by atoms with Gasteiger partial charge in [-0.3, -0.25) is 0 Å². The third kappa shape index (κ3) is 22.4. The van der Waals surface area contributed by atoms with Crippen LogP contribution in [0, 0.1) is 27.2 Å². The molecule has 0 unspecified atom stereocenters. The number of hydrogen-bond donors (Lipinski definition) is 0. The molecule has 0 fully saturated rings. The summed E-state index contributed by atoms with van der Waals surface area (Å²) in [6.45, 7) is 0. The Morgan fingerprint density at radius 1 is 1.00 bits per heavy atom. The minimum Gasteiger partial charge on any atom is -0.694 e. The van der Waals surface area contributed by atoms with Crippen LogP contribution in [0.4, 0.5) is 0 Å². The Hall–Kier alpha value is 0.382. The van der Waals surface area contributed by atoms with Gasteiger partial charge in [-0.25, -0.2) is 0 Å². The largest absolute Gasteiger partial charge is 3.00 e. The maximum atomic E-state index is 6.61. The van der Waals surface area contributed by atoms with Gasteiger partial charge in [0, 0.05) is 5.88 Å². The van der Waals surface area contributed by atoms with Crippen LogP contribution in [0.3, 0.4) is 0 Å². The zero-order valence-electron chi connectivity index (χ0n) is 8.20. The third-order valence-corrected chi connectivity index (χ3v) is 1.45. The van der Waals surface area contributed by atoms with E-state index in [1.807, 2.05) is 0 Å². The molecule has 12 heavy (non-hydrogen) atoms. The summed E-state index contributed by atoms with van der Waals surface area (Å²) in [7, 11) is 0. The van der Waals surface area contributed by atoms with Crippen LogP contribution in [0.1, 0.15) is 32.1 Å². The van der Waals surface area contributed by atoms with Crippen molar-refractivity contribution < 1.29 is 0 Å². The van der Waals surface area contributed by atoms with Gasteiger partial charge in [0.1, 0.15) is 0 Å². The van der Waals surface area contributed by atoms with Crippen molar-refractivity contribution in [3.63, 3.8) is 0 Å². The zero-order chi connectivity index (χ0) is 6.95. The molecule has 0 rings (SSSR count). The van der Waals surface area contributed by atoms with E-state index >= 15 is 0 Å². The van der Waals surface area contributed by atoms with E-state index in [4.69, 9.17) is 18.0 Å². The number of rotatable bonds is 5. The van der Waals surface area contributed by atoms with E-state index in [1.54, 1.807) is 0 Å². The molecule has 2 heteroatoms. The van der Waals surface area contributed by atoms with Crippen LogP contribution in [0.5, 0.6) is 0 Å². The quantitative estimate of drug-likeness (QED) is 0.210. The Kier molecular flexibility index (Phi) is 42.8. The smallest absolute Gasteiger partial charge is 0.694 e. The minimum absolute atomic E-state index is 0. The fraction of sp³-hybridized carbons (Fsp3) is 0.600. The Bertz CT molecular complexity index is 86.3. The van der Waals surface area contributed by atoms with Crippen LogP contribution < -0.4 is 0 Å². The van der Waals surface area contributed by atoms with Crippen LogP contribution in [-0.4, -0.2) is 23.2 Å². The van der Waals surface area contributed by atoms with Gasteiger partial charge in [-0.15, -0.1) is 11.6 Å². The number of hydrogen-bond acceptors (Lipinski definition) is 0. The molecule has 0 bridgehead atoms. The third-order valence-electron chi connectivity index (χ3n) is 1.19. The Morgan fingerprint density at radius 3 is 1.92 bits per heavy atom. The van der Waals surface area contributed by atoms with Gasteiger partial charge >= 0.3 is 17.4 Å². The summed E-state index contributed by atoms with van der Waals surface area (Å²) in [5.41, 5.74) is 0. The molecule has 0 aromatic heterocycles. The number of halogens is 1. The second-order valence-electron chi connectivity index (χ2n) is 2.03. The summed E-state index contributed by atoms with van der Waals surface area (Å²) in [5.74, 6) is 3.13. The topological polar surface area (TPSA) is 0 Å². The molecule has 0 aliphatic rings. The SMILES string of the molecule is [Al+3].[C-]#CCCCCCCCl.[CH3-].[CH3-]. The second-order valence-corrected chi connectivity index (χ2v) is 2.41. The maximum Gasteiger partial charge on any atom is 3.00 e. The van der Waals surface area contributed by atoms with Gasteiger partial charge in [-0.05, 0) is 19.3 Å². The first-order valence-electron chi connectivity index (χ1n) is 3.37. The fourth-order valence-electron chi connectivity index (χ4n) is 0.661. The van der Waals surface area contributed by atoms with E-state index in [0.29, 0.717) is 0 Å². The van der Waals surface area contributed by atoms with Gasteiger partial charge in [0.2, 0.25) is 0 Å². The van der Waals surface area contributed by atoms with Gasteiger partial charge in [0.15, 0.2) is 0 Å². The van der Waals surface area contributed by atoms with Crippen LogP contribution in [-0.2, 0) is 0 Å². The molecule has 0 nitrogen and oxygen atoms in total. The summed E-state index contributed by atoms with van der Waals surface area (Å²) in [6, 6.07) is 0. The fourth-order valence-corrected chi connectivity index (χ4v) is 0.850. The molecule has 0 saturated heterocycles. The summed E-state index contributed by atoms with van der Waals surface area (Å²) in [4.78, 5) is 0. The standard InChI is InChI=1S/C8H12Cl.2CH3.Al/c1-2-3-4-5-6-7-8-9;;;/h3-8H2;2*1H3;/q3*-1;+3. The number of unbranched alkanes of at least 4 members (excludes halogenated alkanes) is 4. The van der Waals surface area contributed by atoms with Crippen molar-refractivity contribution in [1.82, 2.24) is 0 Å². The summed E-state index contributed by atoms with van der Waals surface area (Å²) < 4.78 is 0. The van der Waals surface area contributed by atoms with Crippen LogP contribution in [0.25, 0.3) is 0 Å². The van der Waals surface area contributed by atoms with Gasteiger partial charge in [0.25, 0.3) is 0 Å². The molecule has 0 aromatic rings. The minimum atomic E-state index is 0. The molecule has 0 aromatic carbocycles. The molecular weight excluding hydrogens is 183 g/mol. The van der Waals surface area contributed by atoms with E-state index in [0.717, 1.165) is 25.1 Å². The van der Waals surface area contributed by atoms with Gasteiger partial charge in [0.05, 0.1) is 0 Å². The Labute approximate surface area is 94.2 Å². The molecule has 0 saturated carbocycles. The Balaban J connectivity index is -0.000000107. The maximum absolute atomic E-state index is 6.61. The van der Waals surface area contributed by atoms with Gasteiger partial charge < -0.3 is 27.2 Å². The normalized spacial score (nSPS) is 6.67. The van der Waals surface area contributed by atoms with E-state index in [1.165, 1.54) is 12.8 Å². The molecule has 0 heterocycles. The van der Waals surface area contributed by atoms with Gasteiger partial charge in [-0.1, -0.05) is 12.8 Å². The Morgan fingerprint density at radius 2 is 1.50 bits per heavy atom. The average molecular weight is 201 g/mol. The first kappa shape index (κ1) is 22.8. The van der Waals surface area contributed by atoms with E-state index in [9.17, 15) is 0 Å². The van der Waals surface area contributed by atoms with Crippen molar-refractivity contribution >= 4 is 29.0 Å². The van der Waals surface area contributed by atoms with Crippen molar-refractivity contribution in [3.8, 4) is 5.92 Å². The van der Waals surface area contributed by atoms with Crippen molar-refractivity contribution in [2.45, 2.75) is 32.1 Å². The van der Waals surface area contributed by atoms with Gasteiger partial charge in [-0.2, -0.15) is 0 Å². The molecule has 0 spiro atoms. The van der Waals surface area contributed by atoms with E-state index < -0.39 is 0 Å². The molecule has 0 aliphatic heterocycles. The first-order chi connectivity index (χ1) is 4.41. The van der Waals surface area contributed by atoms with Crippen molar-refractivity contribution in [3.05, 3.63) is 21.3 Å². The van der Waals surface area contributed by atoms with Crippen molar-refractivity contribution in [1.29, 1.82) is 0 Å². The molecule has 0 amide bonds. The predicted molar refractivity (Wildman–Crippen MR) is 59.5 cm³/mol. The molecule has 0 atom stereocenters. The molecular formula is C10H18AlCl. The van der Waals surface area contributed by atoms with Crippen LogP contribution >= 0.6 is 11.6 Å². The molecule has 68 valence electrons. The van der Waals surface area contributed by atoms with Crippen LogP contribution in [0.2, 0.25) is 0 Å². The second kappa shape index (κ2) is 22.5. The summed E-state index contributed by atoms with van der Waals surface area (Å²) in [6.07, 6.45) is 12.0. The molecule has 0 N–H and O–H groups in total. The first-order valence-corrected chi connectivity index (χ1v) is 3.91. The summed E-state index contributed by atoms with van der Waals surface area (Å²) >= 11 is 5.46. The van der Waals surface area contributed by atoms with Crippen molar-refractivity contribution in [2.75, 3.05) is 5.88 Å². The molecule has 0 radical (unpaired) electrons. The average Bonchev–Trinajstić information content (AvgIpc) is 1.89. The van der Waals surface area contributed by atoms with E-state index in [-0.39, 0.29) is 32.2 Å². The zero-order valence-corrected chi connectivity index (χ0v) is 10.1. The van der Waals surface area contributed by atoms with Crippen LogP contribution in [0.15, 0.2) is 0 Å². The molecule has 0 aliphatic carbocycles.